The maximum atomic E-state index is 11.7. The van der Waals surface area contributed by atoms with Crippen molar-refractivity contribution in [2.24, 2.45) is 0 Å². The van der Waals surface area contributed by atoms with Gasteiger partial charge in [-0.1, -0.05) is 62.2 Å². The second-order valence-electron chi connectivity index (χ2n) is 4.75. The second kappa shape index (κ2) is 7.29. The van der Waals surface area contributed by atoms with Crippen molar-refractivity contribution in [2.75, 3.05) is 0 Å². The minimum Gasteiger partial charge on any atom is -0.445 e. The largest absolute Gasteiger partial charge is 0.445 e. The highest BCUT2D eigenvalue weighted by molar-refractivity contribution is 9.12. The summed E-state index contributed by atoms with van der Waals surface area (Å²) in [5, 5.41) is 2.93. The molecule has 0 aromatic heterocycles. The van der Waals surface area contributed by atoms with Gasteiger partial charge in [-0.15, -0.1) is 0 Å². The molecule has 3 atom stereocenters. The van der Waals surface area contributed by atoms with Crippen LogP contribution in [0.4, 0.5) is 4.79 Å². The van der Waals surface area contributed by atoms with Gasteiger partial charge < -0.3 is 10.1 Å². The molecular weight excluding hydrogens is 374 g/mol. The zero-order chi connectivity index (χ0) is 13.7. The van der Waals surface area contributed by atoms with Gasteiger partial charge in [0, 0.05) is 15.7 Å². The van der Waals surface area contributed by atoms with Gasteiger partial charge in [-0.05, 0) is 24.8 Å². The number of ether oxygens (including phenoxy) is 1. The van der Waals surface area contributed by atoms with Crippen LogP contribution >= 0.6 is 31.9 Å². The average Bonchev–Trinajstić information content (AvgIpc) is 2.42. The zero-order valence-electron chi connectivity index (χ0n) is 10.5. The number of halogens is 2. The van der Waals surface area contributed by atoms with Gasteiger partial charge in [0.1, 0.15) is 6.61 Å². The summed E-state index contributed by atoms with van der Waals surface area (Å²) < 4.78 is 5.22. The summed E-state index contributed by atoms with van der Waals surface area (Å²) in [6.07, 6.45) is 2.63. The minimum absolute atomic E-state index is 0.196. The topological polar surface area (TPSA) is 38.3 Å². The lowest BCUT2D eigenvalue weighted by molar-refractivity contribution is 0.133. The number of carbonyl (C=O) groups excluding carboxylic acids is 1. The molecule has 0 aliphatic heterocycles. The van der Waals surface area contributed by atoms with E-state index in [0.29, 0.717) is 16.3 Å². The average molecular weight is 391 g/mol. The molecule has 2 rings (SSSR count). The van der Waals surface area contributed by atoms with Crippen LogP contribution < -0.4 is 5.32 Å². The van der Waals surface area contributed by atoms with Crippen LogP contribution in [-0.4, -0.2) is 21.8 Å². The van der Waals surface area contributed by atoms with Crippen molar-refractivity contribution < 1.29 is 9.53 Å². The van der Waals surface area contributed by atoms with Gasteiger partial charge in [0.25, 0.3) is 0 Å². The number of nitrogens with one attached hydrogen (secondary N) is 1. The summed E-state index contributed by atoms with van der Waals surface area (Å²) in [5.41, 5.74) is 1.00. The van der Waals surface area contributed by atoms with E-state index in [9.17, 15) is 4.79 Å². The van der Waals surface area contributed by atoms with E-state index >= 15 is 0 Å². The van der Waals surface area contributed by atoms with Crippen molar-refractivity contribution >= 4 is 38.0 Å². The fourth-order valence-corrected chi connectivity index (χ4v) is 3.34. The first-order valence-corrected chi connectivity index (χ1v) is 8.23. The van der Waals surface area contributed by atoms with Crippen LogP contribution in [0.25, 0.3) is 0 Å². The Morgan fingerprint density at radius 1 is 1.21 bits per heavy atom. The summed E-state index contributed by atoms with van der Waals surface area (Å²) in [4.78, 5) is 12.6. The molecule has 104 valence electrons. The van der Waals surface area contributed by atoms with E-state index in [1.807, 2.05) is 30.3 Å². The molecule has 1 N–H and O–H groups in total. The molecule has 1 saturated carbocycles. The number of alkyl halides is 2. The number of hydrogen-bond acceptors (Lipinski definition) is 2. The van der Waals surface area contributed by atoms with Crippen LogP contribution in [0.3, 0.4) is 0 Å². The Morgan fingerprint density at radius 3 is 2.63 bits per heavy atom. The Labute approximate surface area is 130 Å². The molecule has 3 nitrogen and oxygen atoms in total. The maximum Gasteiger partial charge on any atom is 0.407 e. The van der Waals surface area contributed by atoms with Gasteiger partial charge in [0.15, 0.2) is 0 Å². The first-order valence-electron chi connectivity index (χ1n) is 6.40. The third kappa shape index (κ3) is 4.80. The van der Waals surface area contributed by atoms with Crippen LogP contribution in [0.1, 0.15) is 24.8 Å². The van der Waals surface area contributed by atoms with E-state index in [-0.39, 0.29) is 12.1 Å². The van der Waals surface area contributed by atoms with E-state index in [0.717, 1.165) is 24.8 Å². The first-order chi connectivity index (χ1) is 9.15. The molecule has 0 heterocycles. The molecule has 1 aliphatic rings. The van der Waals surface area contributed by atoms with E-state index < -0.39 is 0 Å². The van der Waals surface area contributed by atoms with Crippen LogP contribution in [-0.2, 0) is 11.3 Å². The van der Waals surface area contributed by atoms with E-state index in [2.05, 4.69) is 37.2 Å². The highest BCUT2D eigenvalue weighted by atomic mass is 79.9. The van der Waals surface area contributed by atoms with Crippen LogP contribution in [0.15, 0.2) is 30.3 Å². The zero-order valence-corrected chi connectivity index (χ0v) is 13.7. The fourth-order valence-electron chi connectivity index (χ4n) is 2.14. The van der Waals surface area contributed by atoms with Crippen LogP contribution in [0.5, 0.6) is 0 Å². The van der Waals surface area contributed by atoms with Gasteiger partial charge >= 0.3 is 6.09 Å². The molecule has 0 bridgehead atoms. The molecule has 1 aliphatic carbocycles. The third-order valence-corrected chi connectivity index (χ3v) is 6.05. The standard InChI is InChI=1S/C14H17Br2NO2/c15-12-7-6-11(8-13(12)16)17-14(18)19-9-10-4-2-1-3-5-10/h1-5,11-13H,6-9H2,(H,17,18)/t11-,12-,13-/m0/s1. The smallest absolute Gasteiger partial charge is 0.407 e. The molecule has 0 radical (unpaired) electrons. The Kier molecular flexibility index (Phi) is 5.70. The molecule has 1 aromatic rings. The second-order valence-corrected chi connectivity index (χ2v) is 7.10. The third-order valence-electron chi connectivity index (χ3n) is 3.23. The van der Waals surface area contributed by atoms with Gasteiger partial charge in [0.2, 0.25) is 0 Å². The first kappa shape index (κ1) is 14.9. The van der Waals surface area contributed by atoms with Crippen LogP contribution in [0.2, 0.25) is 0 Å². The summed E-state index contributed by atoms with van der Waals surface area (Å²) in [5.74, 6) is 0. The van der Waals surface area contributed by atoms with Gasteiger partial charge in [-0.3, -0.25) is 0 Å². The number of hydrogen-bond donors (Lipinski definition) is 1. The Hall–Kier alpha value is -0.550. The number of carbonyl (C=O) groups is 1. The number of amides is 1. The maximum absolute atomic E-state index is 11.7. The van der Waals surface area contributed by atoms with Crippen molar-refractivity contribution in [3.63, 3.8) is 0 Å². The summed E-state index contributed by atoms with van der Waals surface area (Å²) in [7, 11) is 0. The van der Waals surface area contributed by atoms with Gasteiger partial charge in [-0.25, -0.2) is 4.79 Å². The molecule has 1 fully saturated rings. The quantitative estimate of drug-likeness (QED) is 0.792. The molecule has 0 spiro atoms. The van der Waals surface area contributed by atoms with Gasteiger partial charge in [-0.2, -0.15) is 0 Å². The molecule has 0 unspecified atom stereocenters. The predicted octanol–water partition coefficient (Wildman–Crippen LogP) is 3.99. The molecule has 0 saturated heterocycles. The Morgan fingerprint density at radius 2 is 1.95 bits per heavy atom. The highest BCUT2D eigenvalue weighted by Gasteiger charge is 2.28. The SMILES string of the molecule is O=C(N[C@H]1CC[C@H](Br)[C@@H](Br)C1)OCc1ccccc1. The minimum atomic E-state index is -0.332. The van der Waals surface area contributed by atoms with E-state index in [4.69, 9.17) is 4.74 Å². The van der Waals surface area contributed by atoms with Crippen molar-refractivity contribution in [1.29, 1.82) is 0 Å². The monoisotopic (exact) mass is 389 g/mol. The normalized spacial score (nSPS) is 26.7. The van der Waals surface area contributed by atoms with Crippen molar-refractivity contribution in [2.45, 2.75) is 41.6 Å². The lowest BCUT2D eigenvalue weighted by atomic mass is 9.95. The van der Waals surface area contributed by atoms with Gasteiger partial charge in [0.05, 0.1) is 0 Å². The van der Waals surface area contributed by atoms with Crippen molar-refractivity contribution in [3.05, 3.63) is 35.9 Å². The predicted molar refractivity (Wildman–Crippen MR) is 82.8 cm³/mol. The molecule has 5 heteroatoms. The fraction of sp³-hybridized carbons (Fsp3) is 0.500. The lowest BCUT2D eigenvalue weighted by Crippen LogP contribution is -2.41. The Bertz CT molecular complexity index is 413. The summed E-state index contributed by atoms with van der Waals surface area (Å²) in [6.45, 7) is 0.318. The lowest BCUT2D eigenvalue weighted by Gasteiger charge is -2.29. The molecule has 1 amide bonds. The molecular formula is C14H17Br2NO2. The number of benzene rings is 1. The molecule has 1 aromatic carbocycles. The highest BCUT2D eigenvalue weighted by Crippen LogP contribution is 2.30. The number of alkyl carbamates (subject to hydrolysis) is 1. The molecule has 19 heavy (non-hydrogen) atoms. The van der Waals surface area contributed by atoms with Crippen LogP contribution in [0, 0.1) is 0 Å². The number of rotatable bonds is 3. The van der Waals surface area contributed by atoms with E-state index in [1.54, 1.807) is 0 Å². The van der Waals surface area contributed by atoms with E-state index in [1.165, 1.54) is 0 Å². The Balaban J connectivity index is 1.73. The summed E-state index contributed by atoms with van der Waals surface area (Å²) in [6, 6.07) is 9.89. The van der Waals surface area contributed by atoms with Crippen molar-refractivity contribution in [1.82, 2.24) is 5.32 Å². The summed E-state index contributed by atoms with van der Waals surface area (Å²) >= 11 is 7.24. The van der Waals surface area contributed by atoms with Crippen molar-refractivity contribution in [3.8, 4) is 0 Å².